The Labute approximate surface area is 206 Å². The Kier molecular flexibility index (Phi) is 5.22. The number of rotatable bonds is 5. The van der Waals surface area contributed by atoms with Gasteiger partial charge in [-0.05, 0) is 36.4 Å². The average molecular weight is 475 g/mol. The van der Waals surface area contributed by atoms with E-state index in [1.807, 2.05) is 50.4 Å². The molecule has 0 saturated carbocycles. The van der Waals surface area contributed by atoms with Crippen molar-refractivity contribution in [2.45, 2.75) is 13.8 Å². The molecule has 0 bridgehead atoms. The number of amides is 1. The Morgan fingerprint density at radius 2 is 1.75 bits per heavy atom. The van der Waals surface area contributed by atoms with E-state index in [4.69, 9.17) is 0 Å². The smallest absolute Gasteiger partial charge is 0.226 e. The van der Waals surface area contributed by atoms with E-state index in [-0.39, 0.29) is 11.8 Å². The molecule has 0 fully saturated rings. The maximum atomic E-state index is 12.1. The number of aromatic amines is 2. The highest BCUT2D eigenvalue weighted by atomic mass is 16.1. The number of nitrogens with one attached hydrogen (secondary N) is 3. The molecule has 36 heavy (non-hydrogen) atoms. The monoisotopic (exact) mass is 474 g/mol. The highest BCUT2D eigenvalue weighted by Gasteiger charge is 2.16. The molecule has 0 atom stereocenters. The molecule has 9 nitrogen and oxygen atoms in total. The molecule has 176 valence electrons. The molecule has 0 aromatic carbocycles. The summed E-state index contributed by atoms with van der Waals surface area (Å²) in [6.45, 7) is 3.70. The van der Waals surface area contributed by atoms with Gasteiger partial charge in [0.1, 0.15) is 0 Å². The molecule has 3 N–H and O–H groups in total. The molecule has 0 aliphatic carbocycles. The minimum absolute atomic E-state index is 0.0568. The van der Waals surface area contributed by atoms with Crippen molar-refractivity contribution < 1.29 is 4.79 Å². The van der Waals surface area contributed by atoms with Crippen LogP contribution in [-0.4, -0.2) is 41.0 Å². The van der Waals surface area contributed by atoms with Crippen molar-refractivity contribution in [1.82, 2.24) is 35.1 Å². The van der Waals surface area contributed by atoms with Gasteiger partial charge < -0.3 is 10.3 Å². The number of fused-ring (bicyclic) bond motifs is 2. The van der Waals surface area contributed by atoms with Crippen molar-refractivity contribution in [2.75, 3.05) is 5.32 Å². The number of hydrogen-bond donors (Lipinski definition) is 3. The minimum atomic E-state index is -0.120. The maximum absolute atomic E-state index is 12.1. The second kappa shape index (κ2) is 8.70. The fraction of sp³-hybridized carbons (Fsp3) is 0.111. The summed E-state index contributed by atoms with van der Waals surface area (Å²) < 4.78 is 0. The molecular formula is C27H22N8O. The van der Waals surface area contributed by atoms with Crippen LogP contribution < -0.4 is 5.32 Å². The zero-order valence-corrected chi connectivity index (χ0v) is 19.6. The summed E-state index contributed by atoms with van der Waals surface area (Å²) in [5, 5.41) is 12.3. The Morgan fingerprint density at radius 3 is 2.58 bits per heavy atom. The van der Waals surface area contributed by atoms with Crippen LogP contribution >= 0.6 is 0 Å². The number of aromatic nitrogens is 7. The number of hydrogen-bond acceptors (Lipinski definition) is 6. The van der Waals surface area contributed by atoms with E-state index in [9.17, 15) is 4.79 Å². The van der Waals surface area contributed by atoms with E-state index in [1.54, 1.807) is 31.0 Å². The number of carbonyl (C=O) groups excluding carboxylic acids is 1. The Bertz CT molecular complexity index is 1720. The van der Waals surface area contributed by atoms with Gasteiger partial charge in [0, 0.05) is 69.9 Å². The number of nitrogens with zero attached hydrogens (tertiary/aromatic N) is 5. The van der Waals surface area contributed by atoms with E-state index in [1.165, 1.54) is 0 Å². The summed E-state index contributed by atoms with van der Waals surface area (Å²) in [4.78, 5) is 33.3. The molecule has 6 aromatic rings. The first-order valence-corrected chi connectivity index (χ1v) is 11.6. The van der Waals surface area contributed by atoms with Crippen LogP contribution in [0.4, 0.5) is 5.69 Å². The highest BCUT2D eigenvalue weighted by molar-refractivity contribution is 6.00. The van der Waals surface area contributed by atoms with Crippen molar-refractivity contribution in [2.24, 2.45) is 5.92 Å². The van der Waals surface area contributed by atoms with Crippen molar-refractivity contribution in [3.8, 4) is 33.8 Å². The Balaban J connectivity index is 1.41. The fourth-order valence-electron chi connectivity index (χ4n) is 4.14. The van der Waals surface area contributed by atoms with Crippen LogP contribution in [0, 0.1) is 5.92 Å². The Morgan fingerprint density at radius 1 is 0.889 bits per heavy atom. The molecule has 0 aliphatic heterocycles. The van der Waals surface area contributed by atoms with Gasteiger partial charge in [-0.15, -0.1) is 0 Å². The highest BCUT2D eigenvalue weighted by Crippen LogP contribution is 2.33. The van der Waals surface area contributed by atoms with Gasteiger partial charge in [0.2, 0.25) is 5.91 Å². The molecule has 0 radical (unpaired) electrons. The van der Waals surface area contributed by atoms with E-state index >= 15 is 0 Å². The van der Waals surface area contributed by atoms with Crippen molar-refractivity contribution in [3.63, 3.8) is 0 Å². The standard InChI is InChI=1S/C27H22N8O/c1-15(2)27(36)32-19-8-17(12-29-14-19)18-9-21-25(34-35-26(21)31-13-18)23-10-20-22(33-23)5-7-30-24(20)16-4-3-6-28-11-16/h3-15,33H,1-2H3,(H,32,36)(H,31,34,35). The van der Waals surface area contributed by atoms with Crippen molar-refractivity contribution >= 4 is 33.5 Å². The number of pyridine rings is 4. The number of carbonyl (C=O) groups is 1. The predicted octanol–water partition coefficient (Wildman–Crippen LogP) is 5.22. The first-order valence-electron chi connectivity index (χ1n) is 11.6. The van der Waals surface area contributed by atoms with Crippen LogP contribution in [0.25, 0.3) is 55.7 Å². The van der Waals surface area contributed by atoms with Crippen LogP contribution in [0.1, 0.15) is 13.8 Å². The molecule has 9 heteroatoms. The third kappa shape index (κ3) is 3.86. The molecule has 0 saturated heterocycles. The normalized spacial score (nSPS) is 11.4. The van der Waals surface area contributed by atoms with Crippen LogP contribution in [0.2, 0.25) is 0 Å². The van der Waals surface area contributed by atoms with Crippen molar-refractivity contribution in [3.05, 3.63) is 73.6 Å². The van der Waals surface area contributed by atoms with Crippen LogP contribution in [0.3, 0.4) is 0 Å². The van der Waals surface area contributed by atoms with E-state index in [0.717, 1.165) is 50.1 Å². The minimum Gasteiger partial charge on any atom is -0.353 e. The van der Waals surface area contributed by atoms with Gasteiger partial charge in [-0.2, -0.15) is 5.10 Å². The lowest BCUT2D eigenvalue weighted by Gasteiger charge is -2.09. The zero-order chi connectivity index (χ0) is 24.6. The topological polar surface area (TPSA) is 125 Å². The molecule has 0 unspecified atom stereocenters. The van der Waals surface area contributed by atoms with Crippen LogP contribution in [0.5, 0.6) is 0 Å². The molecule has 6 aromatic heterocycles. The third-order valence-electron chi connectivity index (χ3n) is 6.03. The molecule has 6 rings (SSSR count). The van der Waals surface area contributed by atoms with Gasteiger partial charge in [0.25, 0.3) is 0 Å². The lowest BCUT2D eigenvalue weighted by molar-refractivity contribution is -0.118. The summed E-state index contributed by atoms with van der Waals surface area (Å²) in [7, 11) is 0. The molecule has 6 heterocycles. The van der Waals surface area contributed by atoms with Gasteiger partial charge in [-0.1, -0.05) is 13.8 Å². The summed E-state index contributed by atoms with van der Waals surface area (Å²) in [5.41, 5.74) is 7.43. The van der Waals surface area contributed by atoms with Gasteiger partial charge in [-0.25, -0.2) is 4.98 Å². The molecule has 0 aliphatic rings. The van der Waals surface area contributed by atoms with Gasteiger partial charge in [0.05, 0.1) is 29.0 Å². The van der Waals surface area contributed by atoms with Gasteiger partial charge >= 0.3 is 0 Å². The van der Waals surface area contributed by atoms with Crippen molar-refractivity contribution in [1.29, 1.82) is 0 Å². The third-order valence-corrected chi connectivity index (χ3v) is 6.03. The average Bonchev–Trinajstić information content (AvgIpc) is 3.53. The van der Waals surface area contributed by atoms with E-state index < -0.39 is 0 Å². The lowest BCUT2D eigenvalue weighted by atomic mass is 10.1. The number of anilines is 1. The Hall–Kier alpha value is -4.92. The first kappa shape index (κ1) is 21.6. The quantitative estimate of drug-likeness (QED) is 0.315. The summed E-state index contributed by atoms with van der Waals surface area (Å²) in [6.07, 6.45) is 10.5. The fourth-order valence-corrected chi connectivity index (χ4v) is 4.14. The first-order chi connectivity index (χ1) is 17.6. The SMILES string of the molecule is CC(C)C(=O)Nc1cncc(-c2cnc3n[nH]c(-c4cc5c(-c6cccnc6)nccc5[nH]4)c3c2)c1. The van der Waals surface area contributed by atoms with E-state index in [2.05, 4.69) is 46.5 Å². The maximum Gasteiger partial charge on any atom is 0.226 e. The summed E-state index contributed by atoms with van der Waals surface area (Å²) >= 11 is 0. The summed E-state index contributed by atoms with van der Waals surface area (Å²) in [5.74, 6) is -0.177. The lowest BCUT2D eigenvalue weighted by Crippen LogP contribution is -2.17. The van der Waals surface area contributed by atoms with Crippen LogP contribution in [0.15, 0.2) is 73.6 Å². The molecule has 0 spiro atoms. The number of H-pyrrole nitrogens is 2. The zero-order valence-electron chi connectivity index (χ0n) is 19.6. The second-order valence-electron chi connectivity index (χ2n) is 8.85. The largest absolute Gasteiger partial charge is 0.353 e. The molecular weight excluding hydrogens is 452 g/mol. The van der Waals surface area contributed by atoms with Gasteiger partial charge in [0.15, 0.2) is 5.65 Å². The van der Waals surface area contributed by atoms with Gasteiger partial charge in [-0.3, -0.25) is 24.8 Å². The molecule has 1 amide bonds. The predicted molar refractivity (Wildman–Crippen MR) is 139 cm³/mol. The second-order valence-corrected chi connectivity index (χ2v) is 8.85. The van der Waals surface area contributed by atoms with Crippen LogP contribution in [-0.2, 0) is 4.79 Å². The van der Waals surface area contributed by atoms with E-state index in [0.29, 0.717) is 11.3 Å². The summed E-state index contributed by atoms with van der Waals surface area (Å²) in [6, 6.07) is 11.8.